The maximum atomic E-state index is 11.0. The minimum absolute atomic E-state index is 0.157. The zero-order chi connectivity index (χ0) is 11.4. The smallest absolute Gasteiger partial charge is 0.310 e. The molecule has 0 aliphatic carbocycles. The van der Waals surface area contributed by atoms with Gasteiger partial charge in [0.05, 0.1) is 24.0 Å². The van der Waals surface area contributed by atoms with Gasteiger partial charge < -0.3 is 4.74 Å². The number of carbonyl (C=O) groups excluding carboxylic acids is 1. The first-order chi connectivity index (χ1) is 7.06. The van der Waals surface area contributed by atoms with E-state index in [1.807, 2.05) is 0 Å². The van der Waals surface area contributed by atoms with E-state index in [0.717, 1.165) is 6.20 Å². The number of ether oxygens (including phenoxy) is 1. The summed E-state index contributed by atoms with van der Waals surface area (Å²) in [5.41, 5.74) is 0.0663. The van der Waals surface area contributed by atoms with Gasteiger partial charge in [0, 0.05) is 10.7 Å². The van der Waals surface area contributed by atoms with Crippen LogP contribution in [-0.4, -0.2) is 23.0 Å². The van der Waals surface area contributed by atoms with Crippen molar-refractivity contribution in [2.24, 2.45) is 0 Å². The quantitative estimate of drug-likeness (QED) is 0.474. The molecule has 6 nitrogen and oxygen atoms in total. The van der Waals surface area contributed by atoms with Crippen molar-refractivity contribution in [2.45, 2.75) is 6.42 Å². The normalized spacial score (nSPS) is 9.73. The number of nitrogens with zero attached hydrogens (tertiary/aromatic N) is 2. The van der Waals surface area contributed by atoms with Crippen LogP contribution in [0, 0.1) is 10.1 Å². The predicted octanol–water partition coefficient (Wildman–Crippen LogP) is 1.47. The second-order valence-corrected chi connectivity index (χ2v) is 3.48. The number of hydrogen-bond acceptors (Lipinski definition) is 5. The number of methoxy groups -OCH3 is 1. The molecule has 0 spiro atoms. The van der Waals surface area contributed by atoms with Gasteiger partial charge >= 0.3 is 5.97 Å². The Morgan fingerprint density at radius 3 is 2.87 bits per heavy atom. The fourth-order valence-electron chi connectivity index (χ4n) is 1.00. The van der Waals surface area contributed by atoms with Crippen molar-refractivity contribution in [1.82, 2.24) is 4.98 Å². The summed E-state index contributed by atoms with van der Waals surface area (Å²) in [6.45, 7) is 0. The second kappa shape index (κ2) is 4.83. The lowest BCUT2D eigenvalue weighted by atomic mass is 10.1. The van der Waals surface area contributed by atoms with Crippen LogP contribution in [0.5, 0.6) is 0 Å². The fraction of sp³-hybridized carbons (Fsp3) is 0.250. The number of halogens is 1. The highest BCUT2D eigenvalue weighted by Crippen LogP contribution is 2.25. The maximum Gasteiger partial charge on any atom is 0.310 e. The van der Waals surface area contributed by atoms with Crippen molar-refractivity contribution in [3.05, 3.63) is 32.5 Å². The molecule has 0 aliphatic rings. The Hall–Kier alpha value is -1.50. The van der Waals surface area contributed by atoms with Gasteiger partial charge in [-0.15, -0.1) is 0 Å². The van der Waals surface area contributed by atoms with Crippen molar-refractivity contribution in [3.63, 3.8) is 0 Å². The van der Waals surface area contributed by atoms with E-state index in [0.29, 0.717) is 4.47 Å². The van der Waals surface area contributed by atoms with E-state index in [4.69, 9.17) is 0 Å². The maximum absolute atomic E-state index is 11.0. The summed E-state index contributed by atoms with van der Waals surface area (Å²) in [5.74, 6) is -0.537. The van der Waals surface area contributed by atoms with E-state index in [2.05, 4.69) is 25.7 Å². The Morgan fingerprint density at radius 1 is 1.67 bits per heavy atom. The lowest BCUT2D eigenvalue weighted by Gasteiger charge is -2.03. The van der Waals surface area contributed by atoms with Crippen LogP contribution in [0.15, 0.2) is 16.9 Å². The third-order valence-corrected chi connectivity index (χ3v) is 2.41. The van der Waals surface area contributed by atoms with Gasteiger partial charge in [-0.2, -0.15) is 0 Å². The first-order valence-electron chi connectivity index (χ1n) is 3.90. The second-order valence-electron chi connectivity index (χ2n) is 2.63. The molecular weight excluding hydrogens is 268 g/mol. The van der Waals surface area contributed by atoms with Crippen LogP contribution in [0.2, 0.25) is 0 Å². The van der Waals surface area contributed by atoms with Crippen LogP contribution in [0.25, 0.3) is 0 Å². The molecular formula is C8H7BrN2O4. The van der Waals surface area contributed by atoms with E-state index in [1.165, 1.54) is 13.3 Å². The first-order valence-corrected chi connectivity index (χ1v) is 4.69. The van der Waals surface area contributed by atoms with Crippen molar-refractivity contribution < 1.29 is 14.5 Å². The van der Waals surface area contributed by atoms with Crippen molar-refractivity contribution in [2.75, 3.05) is 7.11 Å². The molecule has 0 saturated carbocycles. The van der Waals surface area contributed by atoms with Crippen molar-refractivity contribution in [1.29, 1.82) is 0 Å². The van der Waals surface area contributed by atoms with Crippen molar-refractivity contribution in [3.8, 4) is 0 Å². The largest absolute Gasteiger partial charge is 0.469 e. The highest BCUT2D eigenvalue weighted by Gasteiger charge is 2.19. The van der Waals surface area contributed by atoms with Gasteiger partial charge in [0.1, 0.15) is 6.20 Å². The van der Waals surface area contributed by atoms with Crippen LogP contribution in [0.4, 0.5) is 5.69 Å². The Labute approximate surface area is 93.5 Å². The molecule has 0 bridgehead atoms. The number of pyridine rings is 1. The van der Waals surface area contributed by atoms with Gasteiger partial charge in [0.25, 0.3) is 5.69 Å². The average Bonchev–Trinajstić information content (AvgIpc) is 2.20. The molecule has 0 unspecified atom stereocenters. The molecule has 7 heteroatoms. The van der Waals surface area contributed by atoms with Gasteiger partial charge in [-0.25, -0.2) is 0 Å². The molecule has 1 rings (SSSR count). The van der Waals surface area contributed by atoms with E-state index in [9.17, 15) is 14.9 Å². The molecule has 1 aromatic heterocycles. The van der Waals surface area contributed by atoms with Crippen LogP contribution in [0.3, 0.4) is 0 Å². The van der Waals surface area contributed by atoms with E-state index in [1.54, 1.807) is 0 Å². The molecule has 15 heavy (non-hydrogen) atoms. The number of nitro groups is 1. The first kappa shape index (κ1) is 11.6. The minimum Gasteiger partial charge on any atom is -0.469 e. The Morgan fingerprint density at radius 2 is 2.33 bits per heavy atom. The molecule has 0 aromatic carbocycles. The van der Waals surface area contributed by atoms with E-state index < -0.39 is 10.9 Å². The van der Waals surface area contributed by atoms with E-state index >= 15 is 0 Å². The monoisotopic (exact) mass is 274 g/mol. The number of hydrogen-bond donors (Lipinski definition) is 0. The number of aromatic nitrogens is 1. The molecule has 0 amide bonds. The Balaban J connectivity index is 3.13. The highest BCUT2D eigenvalue weighted by atomic mass is 79.9. The molecule has 1 aromatic rings. The summed E-state index contributed by atoms with van der Waals surface area (Å²) in [6, 6.07) is 0. The van der Waals surface area contributed by atoms with Crippen molar-refractivity contribution >= 4 is 27.6 Å². The minimum atomic E-state index is -0.587. The van der Waals surface area contributed by atoms with Gasteiger partial charge in [0.15, 0.2) is 0 Å². The zero-order valence-corrected chi connectivity index (χ0v) is 9.35. The van der Waals surface area contributed by atoms with Crippen LogP contribution < -0.4 is 0 Å². The van der Waals surface area contributed by atoms with Crippen LogP contribution in [0.1, 0.15) is 5.56 Å². The van der Waals surface area contributed by atoms with E-state index in [-0.39, 0.29) is 17.7 Å². The fourth-order valence-corrected chi connectivity index (χ4v) is 1.46. The Kier molecular flexibility index (Phi) is 3.73. The third-order valence-electron chi connectivity index (χ3n) is 1.73. The zero-order valence-electron chi connectivity index (χ0n) is 7.77. The van der Waals surface area contributed by atoms with Gasteiger partial charge in [-0.1, -0.05) is 0 Å². The molecule has 0 N–H and O–H groups in total. The summed E-state index contributed by atoms with van der Waals surface area (Å²) in [4.78, 5) is 24.7. The van der Waals surface area contributed by atoms with Gasteiger partial charge in [-0.3, -0.25) is 19.9 Å². The number of rotatable bonds is 3. The molecule has 0 aliphatic heterocycles. The molecule has 0 atom stereocenters. The Bertz CT molecular complexity index is 408. The van der Waals surface area contributed by atoms with Gasteiger partial charge in [-0.05, 0) is 15.9 Å². The summed E-state index contributed by atoms with van der Waals surface area (Å²) < 4.78 is 4.86. The molecule has 0 fully saturated rings. The molecule has 1 heterocycles. The average molecular weight is 275 g/mol. The SMILES string of the molecule is COC(=O)Cc1c(Br)cncc1[N+](=O)[O-]. The third kappa shape index (κ3) is 2.72. The summed E-state index contributed by atoms with van der Waals surface area (Å²) in [5, 5.41) is 10.6. The summed E-state index contributed by atoms with van der Waals surface area (Å²) in [7, 11) is 1.23. The standard InChI is InChI=1S/C8H7BrN2O4/c1-15-8(12)2-5-6(9)3-10-4-7(5)11(13)14/h3-4H,2H2,1H3. The topological polar surface area (TPSA) is 82.3 Å². The number of esters is 1. The highest BCUT2D eigenvalue weighted by molar-refractivity contribution is 9.10. The van der Waals surface area contributed by atoms with Crippen LogP contribution in [-0.2, 0) is 16.0 Å². The summed E-state index contributed by atoms with van der Waals surface area (Å²) in [6.07, 6.45) is 2.34. The molecule has 0 saturated heterocycles. The lowest BCUT2D eigenvalue weighted by Crippen LogP contribution is -2.07. The lowest BCUT2D eigenvalue weighted by molar-refractivity contribution is -0.385. The molecule has 80 valence electrons. The number of carbonyl (C=O) groups is 1. The van der Waals surface area contributed by atoms with Crippen LogP contribution >= 0.6 is 15.9 Å². The summed E-state index contributed by atoms with van der Waals surface area (Å²) >= 11 is 3.10. The van der Waals surface area contributed by atoms with Gasteiger partial charge in [0.2, 0.25) is 0 Å². The molecule has 0 radical (unpaired) electrons. The predicted molar refractivity (Wildman–Crippen MR) is 54.3 cm³/mol.